The van der Waals surface area contributed by atoms with Crippen molar-refractivity contribution in [1.82, 2.24) is 14.8 Å². The van der Waals surface area contributed by atoms with Gasteiger partial charge in [0.1, 0.15) is 0 Å². The molecule has 1 N–H and O–H groups in total. The Morgan fingerprint density at radius 1 is 1.52 bits per heavy atom. The van der Waals surface area contributed by atoms with E-state index in [2.05, 4.69) is 38.6 Å². The van der Waals surface area contributed by atoms with Crippen LogP contribution in [0, 0.1) is 5.92 Å². The summed E-state index contributed by atoms with van der Waals surface area (Å²) in [5, 5.41) is 4.29. The van der Waals surface area contributed by atoms with Crippen molar-refractivity contribution in [3.63, 3.8) is 0 Å². The molecule has 1 aromatic rings. The molecule has 118 valence electrons. The summed E-state index contributed by atoms with van der Waals surface area (Å²) in [4.78, 5) is 6.53. The number of aryl methyl sites for hydroxylation is 1. The van der Waals surface area contributed by atoms with Crippen LogP contribution in [0.15, 0.2) is 17.3 Å². The molecule has 1 aromatic heterocycles. The Hall–Kier alpha value is -0.810. The van der Waals surface area contributed by atoms with Gasteiger partial charge >= 0.3 is 0 Å². The number of rotatable bonds is 4. The largest absolute Gasteiger partial charge is 0.356 e. The zero-order valence-corrected chi connectivity index (χ0v) is 14.7. The van der Waals surface area contributed by atoms with Crippen molar-refractivity contribution in [3.05, 3.63) is 23.0 Å². The third kappa shape index (κ3) is 4.85. The van der Waals surface area contributed by atoms with E-state index < -0.39 is 0 Å². The van der Waals surface area contributed by atoms with E-state index >= 15 is 0 Å². The Balaban J connectivity index is 1.86. The molecular formula is C15H25ClN4S. The molecule has 0 radical (unpaired) electrons. The first-order valence-corrected chi connectivity index (χ1v) is 8.93. The molecule has 1 fully saturated rings. The number of nitrogens with zero attached hydrogens (tertiary/aromatic N) is 3. The maximum Gasteiger partial charge on any atom is 0.193 e. The fourth-order valence-electron chi connectivity index (χ4n) is 2.61. The molecule has 0 aliphatic carbocycles. The van der Waals surface area contributed by atoms with Crippen LogP contribution in [0.4, 0.5) is 0 Å². The highest BCUT2D eigenvalue weighted by molar-refractivity contribution is 7.99. The fourth-order valence-corrected chi connectivity index (χ4v) is 4.09. The summed E-state index contributed by atoms with van der Waals surface area (Å²) in [5.74, 6) is 4.32. The first kappa shape index (κ1) is 16.6. The van der Waals surface area contributed by atoms with E-state index in [4.69, 9.17) is 11.6 Å². The monoisotopic (exact) mass is 328 g/mol. The number of aromatic nitrogens is 1. The molecule has 2 heterocycles. The van der Waals surface area contributed by atoms with Crippen molar-refractivity contribution in [1.29, 1.82) is 0 Å². The minimum absolute atomic E-state index is 0.779. The Bertz CT molecular complexity index is 480. The minimum Gasteiger partial charge on any atom is -0.356 e. The third-order valence-electron chi connectivity index (χ3n) is 3.94. The van der Waals surface area contributed by atoms with Crippen LogP contribution in [0.1, 0.15) is 18.5 Å². The predicted octanol–water partition coefficient (Wildman–Crippen LogP) is 2.83. The van der Waals surface area contributed by atoms with Gasteiger partial charge in [-0.25, -0.2) is 0 Å². The maximum absolute atomic E-state index is 6.04. The van der Waals surface area contributed by atoms with Gasteiger partial charge in [0.15, 0.2) is 5.96 Å². The number of guanidine groups is 1. The number of thioether (sulfide) groups is 1. The quantitative estimate of drug-likeness (QED) is 0.681. The van der Waals surface area contributed by atoms with Crippen molar-refractivity contribution in [2.24, 2.45) is 18.0 Å². The molecule has 0 bridgehead atoms. The highest BCUT2D eigenvalue weighted by Gasteiger charge is 2.15. The molecule has 0 saturated carbocycles. The average molecular weight is 329 g/mol. The van der Waals surface area contributed by atoms with Crippen LogP contribution in [0.2, 0.25) is 5.02 Å². The Kier molecular flexibility index (Phi) is 6.30. The number of nitrogens with one attached hydrogen (secondary N) is 1. The first-order valence-electron chi connectivity index (χ1n) is 7.40. The van der Waals surface area contributed by atoms with Crippen LogP contribution in [-0.2, 0) is 13.6 Å². The number of aliphatic imine (C=N–C) groups is 1. The minimum atomic E-state index is 0.779. The Morgan fingerprint density at radius 3 is 2.81 bits per heavy atom. The lowest BCUT2D eigenvalue weighted by atomic mass is 10.0. The van der Waals surface area contributed by atoms with Gasteiger partial charge in [0.25, 0.3) is 0 Å². The van der Waals surface area contributed by atoms with Gasteiger partial charge in [0.05, 0.1) is 11.6 Å². The number of halogens is 1. The molecule has 0 spiro atoms. The van der Waals surface area contributed by atoms with Crippen molar-refractivity contribution in [2.75, 3.05) is 32.1 Å². The Labute approximate surface area is 136 Å². The standard InChI is InChI=1S/C15H25ClN4S/c1-17-15(18-9-12-4-6-21-7-5-12)20(3)11-14-8-13(16)10-19(14)2/h8,10,12H,4-7,9,11H2,1-3H3,(H,17,18). The summed E-state index contributed by atoms with van der Waals surface area (Å²) >= 11 is 8.11. The molecular weight excluding hydrogens is 304 g/mol. The van der Waals surface area contributed by atoms with Gasteiger partial charge in [-0.15, -0.1) is 0 Å². The van der Waals surface area contributed by atoms with E-state index in [1.165, 1.54) is 30.0 Å². The van der Waals surface area contributed by atoms with E-state index in [0.717, 1.165) is 30.0 Å². The molecule has 0 amide bonds. The van der Waals surface area contributed by atoms with E-state index in [1.54, 1.807) is 0 Å². The lowest BCUT2D eigenvalue weighted by molar-refractivity contribution is 0.433. The van der Waals surface area contributed by atoms with Gasteiger partial charge < -0.3 is 14.8 Å². The highest BCUT2D eigenvalue weighted by atomic mass is 35.5. The molecule has 21 heavy (non-hydrogen) atoms. The molecule has 2 rings (SSSR count). The van der Waals surface area contributed by atoms with Crippen LogP contribution in [0.5, 0.6) is 0 Å². The topological polar surface area (TPSA) is 32.6 Å². The normalized spacial score (nSPS) is 17.0. The summed E-state index contributed by atoms with van der Waals surface area (Å²) in [6.45, 7) is 1.81. The molecule has 0 aromatic carbocycles. The van der Waals surface area contributed by atoms with Crippen molar-refractivity contribution in [3.8, 4) is 0 Å². The number of hydrogen-bond acceptors (Lipinski definition) is 2. The zero-order chi connectivity index (χ0) is 15.2. The van der Waals surface area contributed by atoms with Crippen LogP contribution in [0.3, 0.4) is 0 Å². The predicted molar refractivity (Wildman–Crippen MR) is 93.3 cm³/mol. The van der Waals surface area contributed by atoms with Crippen molar-refractivity contribution in [2.45, 2.75) is 19.4 Å². The highest BCUT2D eigenvalue weighted by Crippen LogP contribution is 2.22. The van der Waals surface area contributed by atoms with Gasteiger partial charge in [-0.2, -0.15) is 11.8 Å². The van der Waals surface area contributed by atoms with Gasteiger partial charge in [-0.1, -0.05) is 11.6 Å². The molecule has 6 heteroatoms. The summed E-state index contributed by atoms with van der Waals surface area (Å²) in [6.07, 6.45) is 4.55. The lowest BCUT2D eigenvalue weighted by Crippen LogP contribution is -2.41. The van der Waals surface area contributed by atoms with Crippen LogP contribution in [-0.4, -0.2) is 47.6 Å². The molecule has 4 nitrogen and oxygen atoms in total. The summed E-state index contributed by atoms with van der Waals surface area (Å²) in [6, 6.07) is 2.00. The van der Waals surface area contributed by atoms with E-state index in [0.29, 0.717) is 0 Å². The zero-order valence-electron chi connectivity index (χ0n) is 13.1. The van der Waals surface area contributed by atoms with Crippen molar-refractivity contribution < 1.29 is 0 Å². The summed E-state index contributed by atoms with van der Waals surface area (Å²) in [7, 11) is 5.92. The van der Waals surface area contributed by atoms with E-state index in [9.17, 15) is 0 Å². The second kappa shape index (κ2) is 7.99. The van der Waals surface area contributed by atoms with Crippen LogP contribution >= 0.6 is 23.4 Å². The summed E-state index contributed by atoms with van der Waals surface area (Å²) in [5.41, 5.74) is 1.18. The molecule has 0 unspecified atom stereocenters. The molecule has 0 atom stereocenters. The fraction of sp³-hybridized carbons (Fsp3) is 0.667. The van der Waals surface area contributed by atoms with Crippen LogP contribution < -0.4 is 5.32 Å². The van der Waals surface area contributed by atoms with E-state index in [1.807, 2.05) is 26.4 Å². The maximum atomic E-state index is 6.04. The number of hydrogen-bond donors (Lipinski definition) is 1. The second-order valence-electron chi connectivity index (χ2n) is 5.60. The lowest BCUT2D eigenvalue weighted by Gasteiger charge is -2.26. The van der Waals surface area contributed by atoms with E-state index in [-0.39, 0.29) is 0 Å². The summed E-state index contributed by atoms with van der Waals surface area (Å²) < 4.78 is 2.06. The van der Waals surface area contributed by atoms with Gasteiger partial charge in [0, 0.05) is 39.6 Å². The average Bonchev–Trinajstić information content (AvgIpc) is 2.78. The SMILES string of the molecule is CN=C(NCC1CCSCC1)N(C)Cc1cc(Cl)cn1C. The molecule has 1 aliphatic rings. The molecule has 1 saturated heterocycles. The first-order chi connectivity index (χ1) is 10.1. The molecule has 1 aliphatic heterocycles. The van der Waals surface area contributed by atoms with Gasteiger partial charge in [0.2, 0.25) is 0 Å². The van der Waals surface area contributed by atoms with Gasteiger partial charge in [-0.3, -0.25) is 4.99 Å². The third-order valence-corrected chi connectivity index (χ3v) is 5.19. The van der Waals surface area contributed by atoms with Gasteiger partial charge in [-0.05, 0) is 36.3 Å². The van der Waals surface area contributed by atoms with Crippen molar-refractivity contribution >= 4 is 29.3 Å². The van der Waals surface area contributed by atoms with Crippen LogP contribution in [0.25, 0.3) is 0 Å². The smallest absolute Gasteiger partial charge is 0.193 e. The Morgan fingerprint density at radius 2 is 2.24 bits per heavy atom. The second-order valence-corrected chi connectivity index (χ2v) is 7.26.